The van der Waals surface area contributed by atoms with Crippen LogP contribution >= 0.6 is 0 Å². The van der Waals surface area contributed by atoms with Crippen LogP contribution in [0.5, 0.6) is 0 Å². The van der Waals surface area contributed by atoms with Crippen molar-refractivity contribution in [1.29, 1.82) is 0 Å². The molecule has 1 aromatic carbocycles. The largest absolute Gasteiger partial charge is 0.339 e. The molecule has 1 aliphatic rings. The predicted molar refractivity (Wildman–Crippen MR) is 135 cm³/mol. The summed E-state index contributed by atoms with van der Waals surface area (Å²) in [5, 5.41) is 0.870. The third-order valence-corrected chi connectivity index (χ3v) is 7.24. The van der Waals surface area contributed by atoms with Crippen molar-refractivity contribution >= 4 is 38.1 Å². The topological polar surface area (TPSA) is 98.4 Å². The zero-order chi connectivity index (χ0) is 24.5. The summed E-state index contributed by atoms with van der Waals surface area (Å²) >= 11 is 0. The molecule has 34 heavy (non-hydrogen) atoms. The number of carbonyl (C=O) groups excluding carboxylic acids is 1. The highest BCUT2D eigenvalue weighted by Crippen LogP contribution is 2.35. The van der Waals surface area contributed by atoms with Gasteiger partial charge < -0.3 is 9.13 Å². The first kappa shape index (κ1) is 23.7. The molecule has 0 aliphatic carbocycles. The molecule has 3 heterocycles. The number of carbonyl (C=O) groups is 1. The second-order valence-corrected chi connectivity index (χ2v) is 9.93. The number of aromatic nitrogens is 3. The van der Waals surface area contributed by atoms with Gasteiger partial charge in [-0.1, -0.05) is 31.6 Å². The van der Waals surface area contributed by atoms with Crippen LogP contribution in [0.25, 0.3) is 16.5 Å². The van der Waals surface area contributed by atoms with Crippen molar-refractivity contribution in [3.63, 3.8) is 0 Å². The number of sulfonamides is 1. The lowest BCUT2D eigenvalue weighted by molar-refractivity contribution is 0.0981. The van der Waals surface area contributed by atoms with Crippen LogP contribution in [0, 0.1) is 0 Å². The summed E-state index contributed by atoms with van der Waals surface area (Å²) in [5.41, 5.74) is 5.47. The van der Waals surface area contributed by atoms with Crippen LogP contribution in [0.15, 0.2) is 59.0 Å². The first-order valence-corrected chi connectivity index (χ1v) is 12.8. The first-order chi connectivity index (χ1) is 16.3. The van der Waals surface area contributed by atoms with Crippen molar-refractivity contribution < 1.29 is 13.2 Å². The molecule has 1 amide bonds. The van der Waals surface area contributed by atoms with E-state index < -0.39 is 15.9 Å². The Morgan fingerprint density at radius 1 is 1.32 bits per heavy atom. The lowest BCUT2D eigenvalue weighted by Crippen LogP contribution is -2.30. The summed E-state index contributed by atoms with van der Waals surface area (Å²) in [6.07, 6.45) is 11.9. The summed E-state index contributed by atoms with van der Waals surface area (Å²) < 4.78 is 31.0. The lowest BCUT2D eigenvalue weighted by Gasteiger charge is -2.12. The fourth-order valence-electron chi connectivity index (χ4n) is 4.39. The minimum atomic E-state index is -4.07. The van der Waals surface area contributed by atoms with Crippen molar-refractivity contribution in [2.24, 2.45) is 12.0 Å². The Bertz CT molecular complexity index is 1450. The minimum absolute atomic E-state index is 0.197. The molecule has 4 rings (SSSR count). The molecular formula is C25H29N5O3S. The normalized spacial score (nSPS) is 16.2. The van der Waals surface area contributed by atoms with Gasteiger partial charge in [-0.15, -0.1) is 0 Å². The fourth-order valence-corrected chi connectivity index (χ4v) is 5.35. The zero-order valence-corrected chi connectivity index (χ0v) is 20.7. The first-order valence-electron chi connectivity index (χ1n) is 11.3. The lowest BCUT2D eigenvalue weighted by atomic mass is 9.97. The van der Waals surface area contributed by atoms with Crippen molar-refractivity contribution in [3.8, 4) is 0 Å². The average Bonchev–Trinajstić information content (AvgIpc) is 3.32. The van der Waals surface area contributed by atoms with Gasteiger partial charge in [-0.3, -0.25) is 9.79 Å². The Morgan fingerprint density at radius 3 is 2.76 bits per heavy atom. The Morgan fingerprint density at radius 2 is 2.12 bits per heavy atom. The molecule has 1 N–H and O–H groups in total. The summed E-state index contributed by atoms with van der Waals surface area (Å²) in [5.74, 6) is -0.690. The number of imidazole rings is 1. The van der Waals surface area contributed by atoms with E-state index in [1.807, 2.05) is 19.1 Å². The molecule has 0 atom stereocenters. The SMILES string of the molecule is C/C=C1\C(=NC)C=CCn2c1c(CCCC)c1ccc(C(=O)NS(=O)(=O)c3cn(C)cn3)cc12. The van der Waals surface area contributed by atoms with E-state index in [1.54, 1.807) is 26.2 Å². The highest BCUT2D eigenvalue weighted by molar-refractivity contribution is 7.90. The molecule has 0 saturated carbocycles. The van der Waals surface area contributed by atoms with Crippen molar-refractivity contribution in [3.05, 3.63) is 65.8 Å². The standard InChI is InChI=1S/C25H29N5O3S/c1-5-7-9-20-19-12-11-17(25(31)28-34(32,33)23-15-29(4)16-27-23)14-22(19)30-13-8-10-21(26-3)18(6-2)24(20)30/h6,8,10-12,14-16H,5,7,9,13H2,1-4H3,(H,28,31)/b18-6+,26-21?. The van der Waals surface area contributed by atoms with Crippen molar-refractivity contribution in [2.75, 3.05) is 7.05 Å². The van der Waals surface area contributed by atoms with Crippen molar-refractivity contribution in [2.45, 2.75) is 44.7 Å². The van der Waals surface area contributed by atoms with Crippen LogP contribution < -0.4 is 4.72 Å². The Hall–Kier alpha value is -3.46. The number of nitrogens with one attached hydrogen (secondary N) is 1. The Balaban J connectivity index is 1.82. The number of aliphatic imine (C=N–C) groups is 1. The molecule has 9 heteroatoms. The number of unbranched alkanes of at least 4 members (excludes halogenated alkanes) is 1. The van der Waals surface area contributed by atoms with E-state index in [0.29, 0.717) is 6.54 Å². The summed E-state index contributed by atoms with van der Waals surface area (Å²) in [6, 6.07) is 5.37. The van der Waals surface area contributed by atoms with Gasteiger partial charge >= 0.3 is 0 Å². The number of fused-ring (bicyclic) bond motifs is 3. The minimum Gasteiger partial charge on any atom is -0.339 e. The van der Waals surface area contributed by atoms with Gasteiger partial charge in [-0.25, -0.2) is 9.71 Å². The highest BCUT2D eigenvalue weighted by atomic mass is 32.2. The smallest absolute Gasteiger partial charge is 0.283 e. The number of benzene rings is 1. The number of hydrogen-bond donors (Lipinski definition) is 1. The number of allylic oxidation sites excluding steroid dienone is 4. The van der Waals surface area contributed by atoms with Crippen LogP contribution in [0.1, 0.15) is 48.3 Å². The van der Waals surface area contributed by atoms with Crippen LogP contribution in [0.2, 0.25) is 0 Å². The molecule has 0 saturated heterocycles. The zero-order valence-electron chi connectivity index (χ0n) is 19.9. The van der Waals surface area contributed by atoms with Crippen LogP contribution in [0.3, 0.4) is 0 Å². The van der Waals surface area contributed by atoms with Crippen molar-refractivity contribution in [1.82, 2.24) is 18.8 Å². The van der Waals surface area contributed by atoms with Gasteiger partial charge in [-0.2, -0.15) is 8.42 Å². The maximum absolute atomic E-state index is 12.9. The van der Waals surface area contributed by atoms with E-state index >= 15 is 0 Å². The Labute approximate surface area is 199 Å². The third-order valence-electron chi connectivity index (χ3n) is 6.02. The van der Waals surface area contributed by atoms with E-state index in [1.165, 1.54) is 22.7 Å². The van der Waals surface area contributed by atoms with E-state index in [2.05, 4.69) is 38.3 Å². The number of amides is 1. The molecule has 8 nitrogen and oxygen atoms in total. The number of aryl methyl sites for hydroxylation is 2. The molecule has 178 valence electrons. The number of rotatable bonds is 6. The molecule has 0 fully saturated rings. The van der Waals surface area contributed by atoms with Crippen LogP contribution in [-0.4, -0.2) is 41.2 Å². The molecule has 1 aliphatic heterocycles. The number of nitrogens with zero attached hydrogens (tertiary/aromatic N) is 4. The summed E-state index contributed by atoms with van der Waals surface area (Å²) in [7, 11) is -0.613. The van der Waals surface area contributed by atoms with Gasteiger partial charge in [0.1, 0.15) is 0 Å². The summed E-state index contributed by atoms with van der Waals surface area (Å²) in [6.45, 7) is 4.80. The Kier molecular flexibility index (Phi) is 6.56. The average molecular weight is 480 g/mol. The van der Waals surface area contributed by atoms with E-state index in [9.17, 15) is 13.2 Å². The second-order valence-electron chi connectivity index (χ2n) is 8.30. The van der Waals surface area contributed by atoms with Crippen LogP contribution in [0.4, 0.5) is 0 Å². The molecular weight excluding hydrogens is 450 g/mol. The maximum atomic E-state index is 12.9. The molecule has 0 unspecified atom stereocenters. The quantitative estimate of drug-likeness (QED) is 0.580. The van der Waals surface area contributed by atoms with E-state index in [0.717, 1.165) is 47.1 Å². The molecule has 0 spiro atoms. The molecule has 0 radical (unpaired) electrons. The van der Waals surface area contributed by atoms with Gasteiger partial charge in [-0.05, 0) is 43.5 Å². The van der Waals surface area contributed by atoms with Gasteiger partial charge in [0, 0.05) is 48.9 Å². The monoisotopic (exact) mass is 479 g/mol. The second kappa shape index (κ2) is 9.42. The van der Waals surface area contributed by atoms with E-state index in [4.69, 9.17) is 0 Å². The third kappa shape index (κ3) is 4.23. The maximum Gasteiger partial charge on any atom is 0.283 e. The van der Waals surface area contributed by atoms with Gasteiger partial charge in [0.25, 0.3) is 15.9 Å². The highest BCUT2D eigenvalue weighted by Gasteiger charge is 2.25. The number of hydrogen-bond acceptors (Lipinski definition) is 5. The molecule has 2 aromatic heterocycles. The molecule has 3 aromatic rings. The predicted octanol–water partition coefficient (Wildman–Crippen LogP) is 3.88. The van der Waals surface area contributed by atoms with Gasteiger partial charge in [0.05, 0.1) is 17.7 Å². The molecule has 0 bridgehead atoms. The summed E-state index contributed by atoms with van der Waals surface area (Å²) in [4.78, 5) is 21.3. The van der Waals surface area contributed by atoms with Gasteiger partial charge in [0.2, 0.25) is 0 Å². The fraction of sp³-hybridized carbons (Fsp3) is 0.320. The van der Waals surface area contributed by atoms with Crippen LogP contribution in [-0.2, 0) is 30.0 Å². The van der Waals surface area contributed by atoms with E-state index in [-0.39, 0.29) is 10.6 Å². The van der Waals surface area contributed by atoms with Gasteiger partial charge in [0.15, 0.2) is 5.03 Å².